The molecule has 2 aromatic carbocycles. The van der Waals surface area contributed by atoms with Crippen LogP contribution >= 0.6 is 22.9 Å². The summed E-state index contributed by atoms with van der Waals surface area (Å²) in [6, 6.07) is 14.3. The standard InChI is InChI=1S/C28H26ClNO6S/c1-4-35-19-11-12-21(29)20(15-19)26(32)24-25(22-6-5-13-37-22)30(28(34)27(24)33)18-9-7-17(8-10-18)14-23(31)36-16(2)3/h5-13,15-16,25,32H,4,14H2,1-3H3/b26-24-. The van der Waals surface area contributed by atoms with Crippen molar-refractivity contribution in [3.63, 3.8) is 0 Å². The third-order valence-electron chi connectivity index (χ3n) is 5.69. The van der Waals surface area contributed by atoms with Crippen LogP contribution in [0.3, 0.4) is 0 Å². The summed E-state index contributed by atoms with van der Waals surface area (Å²) >= 11 is 7.74. The maximum absolute atomic E-state index is 13.3. The van der Waals surface area contributed by atoms with E-state index in [1.54, 1.807) is 62.4 Å². The van der Waals surface area contributed by atoms with Crippen molar-refractivity contribution >= 4 is 52.0 Å². The lowest BCUT2D eigenvalue weighted by Crippen LogP contribution is -2.29. The van der Waals surface area contributed by atoms with E-state index < -0.39 is 17.7 Å². The molecule has 37 heavy (non-hydrogen) atoms. The minimum Gasteiger partial charge on any atom is -0.507 e. The largest absolute Gasteiger partial charge is 0.507 e. The van der Waals surface area contributed by atoms with Gasteiger partial charge in [0.15, 0.2) is 0 Å². The van der Waals surface area contributed by atoms with Crippen LogP contribution in [0.1, 0.15) is 42.8 Å². The summed E-state index contributed by atoms with van der Waals surface area (Å²) in [5.41, 5.74) is 1.30. The van der Waals surface area contributed by atoms with E-state index in [1.807, 2.05) is 18.4 Å². The normalized spacial score (nSPS) is 16.9. The van der Waals surface area contributed by atoms with E-state index in [0.29, 0.717) is 28.5 Å². The summed E-state index contributed by atoms with van der Waals surface area (Å²) in [5, 5.41) is 13.4. The molecule has 9 heteroatoms. The molecule has 192 valence electrons. The molecular formula is C28H26ClNO6S. The van der Waals surface area contributed by atoms with Gasteiger partial charge in [-0.3, -0.25) is 19.3 Å². The number of halogens is 1. The fourth-order valence-corrected chi connectivity index (χ4v) is 5.18. The molecule has 1 fully saturated rings. The van der Waals surface area contributed by atoms with Crippen molar-refractivity contribution in [2.45, 2.75) is 39.3 Å². The van der Waals surface area contributed by atoms with Crippen LogP contribution in [-0.2, 0) is 25.5 Å². The molecule has 0 spiro atoms. The maximum Gasteiger partial charge on any atom is 0.310 e. The van der Waals surface area contributed by atoms with Gasteiger partial charge in [0.05, 0.1) is 29.7 Å². The molecule has 1 saturated heterocycles. The van der Waals surface area contributed by atoms with E-state index in [9.17, 15) is 19.5 Å². The molecule has 1 amide bonds. The first-order valence-electron chi connectivity index (χ1n) is 11.8. The Morgan fingerprint density at radius 2 is 1.86 bits per heavy atom. The number of aliphatic hydroxyl groups is 1. The van der Waals surface area contributed by atoms with Gasteiger partial charge in [0.2, 0.25) is 0 Å². The molecule has 0 radical (unpaired) electrons. The molecule has 3 aromatic rings. The van der Waals surface area contributed by atoms with Gasteiger partial charge in [-0.15, -0.1) is 11.3 Å². The number of anilines is 1. The quantitative estimate of drug-likeness (QED) is 0.165. The van der Waals surface area contributed by atoms with E-state index >= 15 is 0 Å². The number of thiophene rings is 1. The smallest absolute Gasteiger partial charge is 0.310 e. The number of hydrogen-bond acceptors (Lipinski definition) is 7. The summed E-state index contributed by atoms with van der Waals surface area (Å²) in [7, 11) is 0. The molecule has 1 unspecified atom stereocenters. The SMILES string of the molecule is CCOc1ccc(Cl)c(/C(O)=C2/C(=O)C(=O)N(c3ccc(CC(=O)OC(C)C)cc3)C2c2cccs2)c1. The number of aliphatic hydroxyl groups excluding tert-OH is 1. The number of carbonyl (C=O) groups excluding carboxylic acids is 3. The fourth-order valence-electron chi connectivity index (χ4n) is 4.15. The van der Waals surface area contributed by atoms with Gasteiger partial charge < -0.3 is 14.6 Å². The molecule has 7 nitrogen and oxygen atoms in total. The van der Waals surface area contributed by atoms with Crippen LogP contribution < -0.4 is 9.64 Å². The molecule has 0 bridgehead atoms. The zero-order valence-corrected chi connectivity index (χ0v) is 22.1. The van der Waals surface area contributed by atoms with Gasteiger partial charge in [0.25, 0.3) is 11.7 Å². The molecule has 4 rings (SSSR count). The molecule has 1 atom stereocenters. The van der Waals surface area contributed by atoms with Gasteiger partial charge in [0.1, 0.15) is 17.6 Å². The number of ketones is 1. The van der Waals surface area contributed by atoms with Crippen molar-refractivity contribution in [3.8, 4) is 5.75 Å². The minimum atomic E-state index is -0.858. The minimum absolute atomic E-state index is 0.0624. The number of hydrogen-bond donors (Lipinski definition) is 1. The van der Waals surface area contributed by atoms with E-state index in [4.69, 9.17) is 21.1 Å². The molecule has 1 N–H and O–H groups in total. The number of benzene rings is 2. The monoisotopic (exact) mass is 539 g/mol. The van der Waals surface area contributed by atoms with Crippen molar-refractivity contribution in [2.24, 2.45) is 0 Å². The van der Waals surface area contributed by atoms with Crippen LogP contribution in [0.25, 0.3) is 5.76 Å². The van der Waals surface area contributed by atoms with E-state index in [1.165, 1.54) is 16.2 Å². The summed E-state index contributed by atoms with van der Waals surface area (Å²) < 4.78 is 10.7. The second-order valence-electron chi connectivity index (χ2n) is 8.64. The molecule has 0 aliphatic carbocycles. The Labute approximate surface area is 223 Å². The van der Waals surface area contributed by atoms with Crippen LogP contribution in [0.15, 0.2) is 65.6 Å². The Balaban J connectivity index is 1.76. The highest BCUT2D eigenvalue weighted by Crippen LogP contribution is 2.44. The molecule has 1 aliphatic heterocycles. The highest BCUT2D eigenvalue weighted by atomic mass is 35.5. The van der Waals surface area contributed by atoms with Crippen molar-refractivity contribution in [2.75, 3.05) is 11.5 Å². The molecular weight excluding hydrogens is 514 g/mol. The predicted molar refractivity (Wildman–Crippen MR) is 143 cm³/mol. The highest BCUT2D eigenvalue weighted by Gasteiger charge is 2.47. The average Bonchev–Trinajstić information content (AvgIpc) is 3.47. The Kier molecular flexibility index (Phi) is 8.00. The summed E-state index contributed by atoms with van der Waals surface area (Å²) in [6.07, 6.45) is -0.132. The number of esters is 1. The third kappa shape index (κ3) is 5.55. The predicted octanol–water partition coefficient (Wildman–Crippen LogP) is 5.92. The second-order valence-corrected chi connectivity index (χ2v) is 10.0. The lowest BCUT2D eigenvalue weighted by Gasteiger charge is -2.24. The van der Waals surface area contributed by atoms with Crippen LogP contribution in [0, 0.1) is 0 Å². The average molecular weight is 540 g/mol. The number of amides is 1. The Hall–Kier alpha value is -3.62. The van der Waals surface area contributed by atoms with Gasteiger partial charge in [-0.2, -0.15) is 0 Å². The zero-order valence-electron chi connectivity index (χ0n) is 20.6. The fraction of sp³-hybridized carbons (Fsp3) is 0.250. The molecule has 0 saturated carbocycles. The number of carbonyl (C=O) groups is 3. The topological polar surface area (TPSA) is 93.1 Å². The summed E-state index contributed by atoms with van der Waals surface area (Å²) in [4.78, 5) is 40.7. The van der Waals surface area contributed by atoms with Crippen LogP contribution in [0.2, 0.25) is 5.02 Å². The maximum atomic E-state index is 13.3. The molecule has 1 aliphatic rings. The summed E-state index contributed by atoms with van der Waals surface area (Å²) in [6.45, 7) is 5.80. The van der Waals surface area contributed by atoms with Gasteiger partial charge in [-0.25, -0.2) is 0 Å². The van der Waals surface area contributed by atoms with E-state index in [2.05, 4.69) is 0 Å². The number of rotatable bonds is 8. The van der Waals surface area contributed by atoms with Gasteiger partial charge in [-0.1, -0.05) is 29.8 Å². The zero-order chi connectivity index (χ0) is 26.7. The Morgan fingerprint density at radius 1 is 1.14 bits per heavy atom. The van der Waals surface area contributed by atoms with Crippen LogP contribution in [0.4, 0.5) is 5.69 Å². The Morgan fingerprint density at radius 3 is 2.49 bits per heavy atom. The van der Waals surface area contributed by atoms with Crippen molar-refractivity contribution in [3.05, 3.63) is 86.6 Å². The third-order valence-corrected chi connectivity index (χ3v) is 6.95. The van der Waals surface area contributed by atoms with E-state index in [-0.39, 0.29) is 40.4 Å². The van der Waals surface area contributed by atoms with Crippen LogP contribution in [-0.4, -0.2) is 35.5 Å². The lowest BCUT2D eigenvalue weighted by atomic mass is 9.99. The van der Waals surface area contributed by atoms with Gasteiger partial charge >= 0.3 is 5.97 Å². The van der Waals surface area contributed by atoms with Crippen LogP contribution in [0.5, 0.6) is 5.75 Å². The second kappa shape index (κ2) is 11.2. The number of nitrogens with zero attached hydrogens (tertiary/aromatic N) is 1. The first-order chi connectivity index (χ1) is 17.7. The van der Waals surface area contributed by atoms with Crippen molar-refractivity contribution in [1.82, 2.24) is 0 Å². The van der Waals surface area contributed by atoms with Crippen molar-refractivity contribution in [1.29, 1.82) is 0 Å². The molecule has 1 aromatic heterocycles. The molecule has 2 heterocycles. The Bertz CT molecular complexity index is 1350. The van der Waals surface area contributed by atoms with Crippen molar-refractivity contribution < 1.29 is 29.0 Å². The highest BCUT2D eigenvalue weighted by molar-refractivity contribution is 7.10. The lowest BCUT2D eigenvalue weighted by molar-refractivity contribution is -0.146. The summed E-state index contributed by atoms with van der Waals surface area (Å²) in [5.74, 6) is -1.85. The van der Waals surface area contributed by atoms with E-state index in [0.717, 1.165) is 0 Å². The first-order valence-corrected chi connectivity index (χ1v) is 13.0. The van der Waals surface area contributed by atoms with Gasteiger partial charge in [-0.05, 0) is 68.1 Å². The van der Waals surface area contributed by atoms with Gasteiger partial charge in [0, 0.05) is 16.1 Å². The first kappa shape index (κ1) is 26.4. The number of Topliss-reactive ketones (excluding diaryl/α,β-unsaturated/α-hetero) is 1. The number of ether oxygens (including phenoxy) is 2.